The third kappa shape index (κ3) is 8.68. The van der Waals surface area contributed by atoms with Gasteiger partial charge < -0.3 is 10.2 Å². The first kappa shape index (κ1) is 32.9. The van der Waals surface area contributed by atoms with Crippen LogP contribution in [0.3, 0.4) is 0 Å². The van der Waals surface area contributed by atoms with E-state index < -0.39 is 41.0 Å². The maximum Gasteiger partial charge on any atom is 0.416 e. The summed E-state index contributed by atoms with van der Waals surface area (Å²) in [4.78, 5) is 19.9. The molecule has 1 aromatic rings. The minimum Gasteiger partial charge on any atom is -0.335 e. The Morgan fingerprint density at radius 1 is 1.05 bits per heavy atom. The van der Waals surface area contributed by atoms with Crippen LogP contribution < -0.4 is 5.32 Å². The van der Waals surface area contributed by atoms with E-state index in [9.17, 15) is 31.1 Å². The van der Waals surface area contributed by atoms with Gasteiger partial charge in [0.05, 0.1) is 11.1 Å². The van der Waals surface area contributed by atoms with E-state index in [1.165, 1.54) is 4.90 Å². The molecule has 1 aromatic carbocycles. The molecule has 228 valence electrons. The summed E-state index contributed by atoms with van der Waals surface area (Å²) in [6.07, 6.45) is -1.35. The Balaban J connectivity index is 1.89. The molecule has 0 spiro atoms. The highest BCUT2D eigenvalue weighted by atomic mass is 19.4. The highest BCUT2D eigenvalue weighted by molar-refractivity contribution is 5.95. The number of nitrogens with one attached hydrogen (secondary N) is 1. The van der Waals surface area contributed by atoms with Crippen molar-refractivity contribution in [1.29, 1.82) is 0 Å². The van der Waals surface area contributed by atoms with Crippen molar-refractivity contribution in [3.63, 3.8) is 0 Å². The minimum atomic E-state index is -5.03. The van der Waals surface area contributed by atoms with Crippen molar-refractivity contribution in [3.8, 4) is 0 Å². The van der Waals surface area contributed by atoms with Crippen LogP contribution in [0.5, 0.6) is 0 Å². The number of allylic oxidation sites excluding steroid dienone is 4. The van der Waals surface area contributed by atoms with Gasteiger partial charge in [-0.2, -0.15) is 26.3 Å². The third-order valence-corrected chi connectivity index (χ3v) is 7.96. The van der Waals surface area contributed by atoms with E-state index in [1.807, 2.05) is 26.1 Å². The number of amides is 1. The lowest BCUT2D eigenvalue weighted by Crippen LogP contribution is -2.58. The fourth-order valence-corrected chi connectivity index (χ4v) is 5.86. The number of hydrogen-bond donors (Lipinski definition) is 1. The number of piperidine rings is 1. The van der Waals surface area contributed by atoms with Gasteiger partial charge in [0.15, 0.2) is 0 Å². The van der Waals surface area contributed by atoms with E-state index in [4.69, 9.17) is 0 Å². The van der Waals surface area contributed by atoms with E-state index in [-0.39, 0.29) is 18.7 Å². The zero-order chi connectivity index (χ0) is 30.4. The van der Waals surface area contributed by atoms with Crippen molar-refractivity contribution in [2.75, 3.05) is 46.3 Å². The van der Waals surface area contributed by atoms with Crippen molar-refractivity contribution < 1.29 is 31.1 Å². The Bertz CT molecular complexity index is 1070. The van der Waals surface area contributed by atoms with Crippen LogP contribution in [0, 0.1) is 0 Å². The molecule has 2 fully saturated rings. The molecular formula is C30H40F6N4O. The van der Waals surface area contributed by atoms with Gasteiger partial charge in [0.1, 0.15) is 0 Å². The summed E-state index contributed by atoms with van der Waals surface area (Å²) < 4.78 is 81.0. The van der Waals surface area contributed by atoms with Crippen LogP contribution in [0.2, 0.25) is 0 Å². The van der Waals surface area contributed by atoms with E-state index in [1.54, 1.807) is 12.2 Å². The van der Waals surface area contributed by atoms with Crippen LogP contribution in [0.4, 0.5) is 26.3 Å². The van der Waals surface area contributed by atoms with Crippen LogP contribution in [-0.2, 0) is 12.4 Å². The number of likely N-dealkylation sites (tertiary alicyclic amines) is 1. The second-order valence-electron chi connectivity index (χ2n) is 10.8. The highest BCUT2D eigenvalue weighted by Crippen LogP contribution is 2.37. The zero-order valence-electron chi connectivity index (χ0n) is 23.9. The molecule has 3 rings (SSSR count). The van der Waals surface area contributed by atoms with Crippen LogP contribution in [0.15, 0.2) is 54.7 Å². The van der Waals surface area contributed by atoms with Gasteiger partial charge in [0.2, 0.25) is 0 Å². The summed E-state index contributed by atoms with van der Waals surface area (Å²) in [5.74, 6) is -0.825. The van der Waals surface area contributed by atoms with Crippen molar-refractivity contribution >= 4 is 5.91 Å². The maximum atomic E-state index is 13.6. The summed E-state index contributed by atoms with van der Waals surface area (Å²) in [7, 11) is 1.92. The first-order valence-electron chi connectivity index (χ1n) is 14.0. The van der Waals surface area contributed by atoms with Gasteiger partial charge in [-0.1, -0.05) is 30.9 Å². The number of carbonyl (C=O) groups excluding carboxylic acids is 1. The number of benzene rings is 1. The Labute approximate surface area is 238 Å². The Kier molecular flexibility index (Phi) is 11.2. The molecule has 0 aromatic heterocycles. The van der Waals surface area contributed by atoms with Crippen molar-refractivity contribution in [3.05, 3.63) is 71.3 Å². The van der Waals surface area contributed by atoms with Crippen molar-refractivity contribution in [1.82, 2.24) is 20.0 Å². The molecule has 3 atom stereocenters. The number of hydrogen-bond acceptors (Lipinski definition) is 4. The van der Waals surface area contributed by atoms with E-state index >= 15 is 0 Å². The molecule has 3 unspecified atom stereocenters. The molecular weight excluding hydrogens is 546 g/mol. The molecule has 1 amide bonds. The third-order valence-electron chi connectivity index (χ3n) is 7.96. The largest absolute Gasteiger partial charge is 0.416 e. The van der Waals surface area contributed by atoms with Crippen LogP contribution in [-0.4, -0.2) is 85.0 Å². The van der Waals surface area contributed by atoms with Gasteiger partial charge in [-0.05, 0) is 63.9 Å². The summed E-state index contributed by atoms with van der Waals surface area (Å²) in [6, 6.07) is 1.24. The molecule has 1 N–H and O–H groups in total. The minimum absolute atomic E-state index is 0.0501. The van der Waals surface area contributed by atoms with Crippen LogP contribution in [0.1, 0.15) is 54.6 Å². The van der Waals surface area contributed by atoms with E-state index in [2.05, 4.69) is 28.6 Å². The van der Waals surface area contributed by atoms with Crippen molar-refractivity contribution in [2.24, 2.45) is 0 Å². The Morgan fingerprint density at radius 3 is 2.17 bits per heavy atom. The molecule has 0 bridgehead atoms. The predicted octanol–water partition coefficient (Wildman–Crippen LogP) is 6.00. The number of piperazine rings is 1. The quantitative estimate of drug-likeness (QED) is 0.285. The molecule has 5 nitrogen and oxygen atoms in total. The van der Waals surface area contributed by atoms with Crippen molar-refractivity contribution in [2.45, 2.75) is 63.6 Å². The Hall–Kier alpha value is -2.63. The van der Waals surface area contributed by atoms with Gasteiger partial charge in [-0.3, -0.25) is 14.6 Å². The molecule has 2 saturated heterocycles. The number of likely N-dealkylation sites (N-methyl/N-ethyl adjacent to an activating group) is 1. The smallest absolute Gasteiger partial charge is 0.335 e. The van der Waals surface area contributed by atoms with Gasteiger partial charge in [-0.25, -0.2) is 0 Å². The first-order chi connectivity index (χ1) is 19.3. The average Bonchev–Trinajstić information content (AvgIpc) is 2.92. The summed E-state index contributed by atoms with van der Waals surface area (Å²) in [5, 5.41) is 3.20. The molecule has 0 aliphatic carbocycles. The average molecular weight is 587 g/mol. The topological polar surface area (TPSA) is 38.8 Å². The van der Waals surface area contributed by atoms with Gasteiger partial charge in [-0.15, -0.1) is 0 Å². The molecule has 0 radical (unpaired) electrons. The lowest BCUT2D eigenvalue weighted by Gasteiger charge is -2.47. The van der Waals surface area contributed by atoms with Gasteiger partial charge >= 0.3 is 12.4 Å². The number of halogens is 6. The van der Waals surface area contributed by atoms with E-state index in [0.29, 0.717) is 37.4 Å². The number of rotatable bonds is 9. The van der Waals surface area contributed by atoms with E-state index in [0.717, 1.165) is 38.3 Å². The molecule has 0 saturated carbocycles. The summed E-state index contributed by atoms with van der Waals surface area (Å²) in [5.41, 5.74) is -2.72. The summed E-state index contributed by atoms with van der Waals surface area (Å²) in [6.45, 7) is 12.4. The number of nitrogens with zero attached hydrogens (tertiary/aromatic N) is 3. The fraction of sp³-hybridized carbons (Fsp3) is 0.567. The summed E-state index contributed by atoms with van der Waals surface area (Å²) >= 11 is 0. The second-order valence-corrected chi connectivity index (χ2v) is 10.8. The van der Waals surface area contributed by atoms with Gasteiger partial charge in [0.25, 0.3) is 5.91 Å². The zero-order valence-corrected chi connectivity index (χ0v) is 23.9. The lowest BCUT2D eigenvalue weighted by molar-refractivity contribution is -0.143. The highest BCUT2D eigenvalue weighted by Gasteiger charge is 2.40. The monoisotopic (exact) mass is 586 g/mol. The number of alkyl halides is 6. The molecule has 2 aliphatic heterocycles. The van der Waals surface area contributed by atoms with Crippen LogP contribution >= 0.6 is 0 Å². The molecule has 41 heavy (non-hydrogen) atoms. The first-order valence-corrected chi connectivity index (χ1v) is 14.0. The Morgan fingerprint density at radius 2 is 1.66 bits per heavy atom. The SMILES string of the molecule is C=C/C=C(\C=C/C)CC1CC(N2CCN(C(C)CNC)CC2)CCN1C(=O)c1cc(C(F)(F)F)cc(C(F)(F)F)c1. The van der Waals surface area contributed by atoms with Crippen LogP contribution in [0.25, 0.3) is 0 Å². The normalized spacial score (nSPS) is 22.8. The fourth-order valence-electron chi connectivity index (χ4n) is 5.86. The molecule has 2 aliphatic rings. The molecule has 2 heterocycles. The van der Waals surface area contributed by atoms with Gasteiger partial charge in [0, 0.05) is 63.0 Å². The standard InChI is InChI=1S/C30H40F6N4O/c1-5-7-22(8-6-2)15-27-19-26(39-13-11-38(12-14-39)21(3)20-37-4)9-10-40(27)28(41)23-16-24(29(31,32)33)18-25(17-23)30(34,35)36/h5-8,16-18,21,26-27,37H,1,9-15,19-20H2,2-4H3/b8-6-,22-7+. The lowest BCUT2D eigenvalue weighted by atomic mass is 9.89. The second kappa shape index (κ2) is 14.0. The predicted molar refractivity (Wildman–Crippen MR) is 149 cm³/mol. The molecule has 11 heteroatoms. The number of carbonyl (C=O) groups is 1. The maximum absolute atomic E-state index is 13.6.